The van der Waals surface area contributed by atoms with E-state index in [1.54, 1.807) is 0 Å². The van der Waals surface area contributed by atoms with Gasteiger partial charge >= 0.3 is 5.97 Å². The monoisotopic (exact) mass is 259 g/mol. The van der Waals surface area contributed by atoms with E-state index in [1.165, 1.54) is 4.90 Å². The number of alkyl halides is 1. The van der Waals surface area contributed by atoms with E-state index in [1.807, 2.05) is 0 Å². The van der Waals surface area contributed by atoms with Crippen LogP contribution >= 0.6 is 15.9 Å². The highest BCUT2D eigenvalue weighted by Crippen LogP contribution is 2.21. The summed E-state index contributed by atoms with van der Waals surface area (Å²) in [6.45, 7) is 0.414. The van der Waals surface area contributed by atoms with E-state index in [0.29, 0.717) is 13.0 Å². The fraction of sp³-hybridized carbons (Fsp3) is 0.556. The highest BCUT2D eigenvalue weighted by Gasteiger charge is 2.36. The van der Waals surface area contributed by atoms with Gasteiger partial charge in [-0.2, -0.15) is 0 Å². The van der Waals surface area contributed by atoms with E-state index in [9.17, 15) is 9.59 Å². The predicted molar refractivity (Wildman–Crippen MR) is 53.9 cm³/mol. The smallest absolute Gasteiger partial charge is 0.327 e. The molecule has 0 aromatic rings. The van der Waals surface area contributed by atoms with Crippen molar-refractivity contribution in [3.05, 3.63) is 0 Å². The van der Waals surface area contributed by atoms with Gasteiger partial charge in [0.1, 0.15) is 6.04 Å². The number of aliphatic carboxylic acids is 1. The Bertz CT molecular complexity index is 297. The zero-order valence-corrected chi connectivity index (χ0v) is 9.03. The summed E-state index contributed by atoms with van der Waals surface area (Å²) >= 11 is 3.28. The van der Waals surface area contributed by atoms with Gasteiger partial charge in [-0.3, -0.25) is 4.79 Å². The van der Waals surface area contributed by atoms with E-state index in [4.69, 9.17) is 11.5 Å². The predicted octanol–water partition coefficient (Wildman–Crippen LogP) is 0.459. The Morgan fingerprint density at radius 3 is 2.86 bits per heavy atom. The van der Waals surface area contributed by atoms with Crippen molar-refractivity contribution in [2.75, 3.05) is 6.54 Å². The molecule has 2 atom stereocenters. The number of carboxylic acids is 1. The van der Waals surface area contributed by atoms with Crippen LogP contribution in [0.15, 0.2) is 0 Å². The first-order valence-corrected chi connectivity index (χ1v) is 5.07. The lowest BCUT2D eigenvalue weighted by Gasteiger charge is -2.22. The second-order valence-electron chi connectivity index (χ2n) is 3.11. The van der Waals surface area contributed by atoms with Gasteiger partial charge in [0.2, 0.25) is 5.91 Å². The Morgan fingerprint density at radius 1 is 1.86 bits per heavy atom. The van der Waals surface area contributed by atoms with Gasteiger partial charge in [-0.05, 0) is 0 Å². The number of terminal acetylenes is 1. The largest absolute Gasteiger partial charge is 0.480 e. The van der Waals surface area contributed by atoms with Crippen molar-refractivity contribution in [1.82, 2.24) is 4.90 Å². The van der Waals surface area contributed by atoms with Gasteiger partial charge in [0, 0.05) is 24.2 Å². The number of hydrogen-bond donors (Lipinski definition) is 1. The molecular formula is C9H10BrNO3. The average Bonchev–Trinajstić information content (AvgIpc) is 2.40. The summed E-state index contributed by atoms with van der Waals surface area (Å²) in [4.78, 5) is 23.6. The van der Waals surface area contributed by atoms with Crippen LogP contribution in [0.3, 0.4) is 0 Å². The van der Waals surface area contributed by atoms with Crippen LogP contribution in [0, 0.1) is 12.3 Å². The number of hydrogen-bond acceptors (Lipinski definition) is 2. The first-order valence-electron chi connectivity index (χ1n) is 4.16. The number of nitrogens with zero attached hydrogens (tertiary/aromatic N) is 1. The van der Waals surface area contributed by atoms with Crippen LogP contribution in [-0.2, 0) is 9.59 Å². The van der Waals surface area contributed by atoms with Crippen molar-refractivity contribution in [2.24, 2.45) is 0 Å². The maximum Gasteiger partial charge on any atom is 0.327 e. The number of halogens is 1. The SMILES string of the molecule is C#CCC(C(=O)O)N1CC(Br)CC1=O. The quantitative estimate of drug-likeness (QED) is 0.592. The maximum atomic E-state index is 11.4. The second-order valence-corrected chi connectivity index (χ2v) is 4.40. The molecule has 0 aromatic heterocycles. The molecule has 0 bridgehead atoms. The standard InChI is InChI=1S/C9H10BrNO3/c1-2-3-7(9(13)14)11-5-6(10)4-8(11)12/h1,6-7H,3-5H2,(H,13,14). The summed E-state index contributed by atoms with van der Waals surface area (Å²) < 4.78 is 0. The van der Waals surface area contributed by atoms with Crippen LogP contribution < -0.4 is 0 Å². The third kappa shape index (κ3) is 2.26. The zero-order valence-electron chi connectivity index (χ0n) is 7.44. The number of carboxylic acid groups (broad SMARTS) is 1. The zero-order chi connectivity index (χ0) is 10.7. The van der Waals surface area contributed by atoms with Crippen molar-refractivity contribution < 1.29 is 14.7 Å². The average molecular weight is 260 g/mol. The minimum Gasteiger partial charge on any atom is -0.480 e. The van der Waals surface area contributed by atoms with Crippen molar-refractivity contribution in [2.45, 2.75) is 23.7 Å². The highest BCUT2D eigenvalue weighted by atomic mass is 79.9. The summed E-state index contributed by atoms with van der Waals surface area (Å²) in [5.41, 5.74) is 0. The molecule has 0 saturated carbocycles. The molecule has 1 saturated heterocycles. The first kappa shape index (κ1) is 11.1. The van der Waals surface area contributed by atoms with Gasteiger partial charge in [0.05, 0.1) is 0 Å². The lowest BCUT2D eigenvalue weighted by Crippen LogP contribution is -2.42. The lowest BCUT2D eigenvalue weighted by atomic mass is 10.2. The van der Waals surface area contributed by atoms with Gasteiger partial charge in [-0.15, -0.1) is 12.3 Å². The molecule has 2 unspecified atom stereocenters. The molecule has 1 heterocycles. The minimum absolute atomic E-state index is 0.0367. The summed E-state index contributed by atoms with van der Waals surface area (Å²) in [5.74, 6) is 1.07. The Morgan fingerprint density at radius 2 is 2.50 bits per heavy atom. The van der Waals surface area contributed by atoms with Crippen molar-refractivity contribution in [1.29, 1.82) is 0 Å². The van der Waals surface area contributed by atoms with Gasteiger partial charge in [-0.25, -0.2) is 4.79 Å². The number of rotatable bonds is 3. The molecule has 0 aromatic carbocycles. The molecule has 76 valence electrons. The Kier molecular flexibility index (Phi) is 3.53. The van der Waals surface area contributed by atoms with E-state index >= 15 is 0 Å². The molecule has 0 spiro atoms. The summed E-state index contributed by atoms with van der Waals surface area (Å²) in [5, 5.41) is 8.86. The summed E-state index contributed by atoms with van der Waals surface area (Å²) in [6.07, 6.45) is 5.45. The van der Waals surface area contributed by atoms with E-state index in [2.05, 4.69) is 21.9 Å². The molecule has 14 heavy (non-hydrogen) atoms. The van der Waals surface area contributed by atoms with Gasteiger partial charge in [-0.1, -0.05) is 15.9 Å². The topological polar surface area (TPSA) is 57.6 Å². The van der Waals surface area contributed by atoms with Crippen LogP contribution in [0.5, 0.6) is 0 Å². The second kappa shape index (κ2) is 4.47. The normalized spacial score (nSPS) is 23.3. The maximum absolute atomic E-state index is 11.4. The molecule has 5 heteroatoms. The lowest BCUT2D eigenvalue weighted by molar-refractivity contribution is -0.148. The van der Waals surface area contributed by atoms with Crippen LogP contribution in [0.4, 0.5) is 0 Å². The number of carbonyl (C=O) groups excluding carboxylic acids is 1. The first-order chi connectivity index (χ1) is 6.56. The fourth-order valence-corrected chi connectivity index (χ4v) is 2.02. The molecule has 0 radical (unpaired) electrons. The molecule has 1 amide bonds. The van der Waals surface area contributed by atoms with E-state index in [-0.39, 0.29) is 17.2 Å². The Labute approximate surface area is 90.4 Å². The highest BCUT2D eigenvalue weighted by molar-refractivity contribution is 9.09. The third-order valence-corrected chi connectivity index (χ3v) is 2.70. The van der Waals surface area contributed by atoms with E-state index in [0.717, 1.165) is 0 Å². The summed E-state index contributed by atoms with van der Waals surface area (Å²) in [6, 6.07) is -0.880. The van der Waals surface area contributed by atoms with Crippen LogP contribution in [0.2, 0.25) is 0 Å². The van der Waals surface area contributed by atoms with Gasteiger partial charge < -0.3 is 10.0 Å². The number of carbonyl (C=O) groups is 2. The van der Waals surface area contributed by atoms with Gasteiger partial charge in [0.25, 0.3) is 0 Å². The summed E-state index contributed by atoms with van der Waals surface area (Å²) in [7, 11) is 0. The Hall–Kier alpha value is -1.02. The van der Waals surface area contributed by atoms with Crippen LogP contribution in [0.25, 0.3) is 0 Å². The number of amides is 1. The van der Waals surface area contributed by atoms with Crippen molar-refractivity contribution in [3.8, 4) is 12.3 Å². The Balaban J connectivity index is 2.74. The fourth-order valence-electron chi connectivity index (χ4n) is 1.43. The molecule has 4 nitrogen and oxygen atoms in total. The van der Waals surface area contributed by atoms with E-state index < -0.39 is 12.0 Å². The molecule has 1 fully saturated rings. The van der Waals surface area contributed by atoms with Crippen molar-refractivity contribution in [3.63, 3.8) is 0 Å². The van der Waals surface area contributed by atoms with Crippen LogP contribution in [0.1, 0.15) is 12.8 Å². The van der Waals surface area contributed by atoms with Crippen LogP contribution in [-0.4, -0.2) is 39.3 Å². The molecule has 0 aliphatic carbocycles. The molecule has 1 aliphatic heterocycles. The minimum atomic E-state index is -1.04. The number of likely N-dealkylation sites (tertiary alicyclic amines) is 1. The third-order valence-electron chi connectivity index (χ3n) is 2.08. The molecule has 1 N–H and O–H groups in total. The molecule has 1 rings (SSSR count). The molecule has 1 aliphatic rings. The van der Waals surface area contributed by atoms with Crippen molar-refractivity contribution >= 4 is 27.8 Å². The van der Waals surface area contributed by atoms with Gasteiger partial charge in [0.15, 0.2) is 0 Å². The molecular weight excluding hydrogens is 250 g/mol.